The first-order valence-electron chi connectivity index (χ1n) is 6.08. The molecule has 2 aromatic rings. The van der Waals surface area contributed by atoms with Gasteiger partial charge in [0, 0.05) is 55.0 Å². The molecule has 0 amide bonds. The van der Waals surface area contributed by atoms with Gasteiger partial charge in [0.05, 0.1) is 6.20 Å². The molecule has 0 bridgehead atoms. The third-order valence-electron chi connectivity index (χ3n) is 3.35. The molecule has 18 heavy (non-hydrogen) atoms. The van der Waals surface area contributed by atoms with Crippen molar-refractivity contribution in [2.24, 2.45) is 13.0 Å². The van der Waals surface area contributed by atoms with Gasteiger partial charge in [-0.05, 0) is 17.4 Å². The predicted octanol–water partition coefficient (Wildman–Crippen LogP) is 3.65. The Kier molecular flexibility index (Phi) is 6.01. The van der Waals surface area contributed by atoms with Crippen LogP contribution in [0.2, 0.25) is 0 Å². The molecule has 1 unspecified atom stereocenters. The second kappa shape index (κ2) is 6.82. The van der Waals surface area contributed by atoms with E-state index in [4.69, 9.17) is 0 Å². The fourth-order valence-electron chi connectivity index (χ4n) is 1.86. The minimum absolute atomic E-state index is 0. The SMILES string of the molecule is CC(C)C(C)c1[c-]ccc(-c2cnn(C)c2)c1.[Ce]. The smallest absolute Gasteiger partial charge is 0.0547 e. The van der Waals surface area contributed by atoms with Gasteiger partial charge in [-0.1, -0.05) is 20.8 Å². The first-order valence-corrected chi connectivity index (χ1v) is 6.08. The zero-order valence-electron chi connectivity index (χ0n) is 11.4. The number of hydrogen-bond acceptors (Lipinski definition) is 1. The van der Waals surface area contributed by atoms with Gasteiger partial charge in [0.1, 0.15) is 0 Å². The molecular weight excluding hydrogens is 348 g/mol. The van der Waals surface area contributed by atoms with Gasteiger partial charge in [0.2, 0.25) is 0 Å². The van der Waals surface area contributed by atoms with Crippen LogP contribution in [0.25, 0.3) is 11.1 Å². The van der Waals surface area contributed by atoms with Gasteiger partial charge in [0.15, 0.2) is 0 Å². The Labute approximate surface area is 143 Å². The zero-order chi connectivity index (χ0) is 12.4. The maximum Gasteiger partial charge on any atom is 0.0547 e. The fraction of sp³-hybridized carbons (Fsp3) is 0.400. The first kappa shape index (κ1) is 15.9. The first-order chi connectivity index (χ1) is 8.08. The number of hydrogen-bond donors (Lipinski definition) is 0. The minimum atomic E-state index is 0. The van der Waals surface area contributed by atoms with E-state index in [1.54, 1.807) is 0 Å². The standard InChI is InChI=1S/C15H19N2.Ce/c1-11(2)12(3)13-6-5-7-14(8-13)15-9-16-17(4)10-15;/h5,7-12H,1-4H3;/q-1;. The molecule has 0 aliphatic heterocycles. The maximum atomic E-state index is 4.21. The van der Waals surface area contributed by atoms with E-state index >= 15 is 0 Å². The molecule has 1 atom stereocenters. The normalized spacial score (nSPS) is 12.3. The van der Waals surface area contributed by atoms with E-state index in [2.05, 4.69) is 44.1 Å². The Hall–Kier alpha value is -0.193. The van der Waals surface area contributed by atoms with Gasteiger partial charge < -0.3 is 0 Å². The monoisotopic (exact) mass is 367 g/mol. The molecule has 1 aromatic carbocycles. The molecule has 1 heterocycles. The topological polar surface area (TPSA) is 17.8 Å². The van der Waals surface area contributed by atoms with Crippen molar-refractivity contribution in [3.8, 4) is 11.1 Å². The Morgan fingerprint density at radius 1 is 1.22 bits per heavy atom. The molecule has 2 rings (SSSR count). The molecule has 0 aliphatic rings. The van der Waals surface area contributed by atoms with Crippen molar-refractivity contribution < 1.29 is 41.7 Å². The summed E-state index contributed by atoms with van der Waals surface area (Å²) in [6.45, 7) is 6.74. The van der Waals surface area contributed by atoms with Crippen LogP contribution in [0.5, 0.6) is 0 Å². The van der Waals surface area contributed by atoms with Crippen molar-refractivity contribution in [2.75, 3.05) is 0 Å². The van der Waals surface area contributed by atoms with Crippen LogP contribution in [-0.2, 0) is 7.05 Å². The fourth-order valence-corrected chi connectivity index (χ4v) is 1.86. The van der Waals surface area contributed by atoms with Gasteiger partial charge in [-0.2, -0.15) is 34.9 Å². The summed E-state index contributed by atoms with van der Waals surface area (Å²) >= 11 is 0. The van der Waals surface area contributed by atoms with E-state index in [9.17, 15) is 0 Å². The van der Waals surface area contributed by atoms with Gasteiger partial charge in [0.25, 0.3) is 0 Å². The van der Waals surface area contributed by atoms with Gasteiger partial charge in [-0.15, -0.1) is 5.56 Å². The summed E-state index contributed by atoms with van der Waals surface area (Å²) < 4.78 is 1.83. The summed E-state index contributed by atoms with van der Waals surface area (Å²) in [4.78, 5) is 0. The van der Waals surface area contributed by atoms with Crippen LogP contribution in [0, 0.1) is 53.7 Å². The van der Waals surface area contributed by atoms with Crippen LogP contribution in [-0.4, -0.2) is 9.78 Å². The summed E-state index contributed by atoms with van der Waals surface area (Å²) in [7, 11) is 1.94. The number of aryl methyl sites for hydroxylation is 1. The number of aromatic nitrogens is 2. The second-order valence-electron chi connectivity index (χ2n) is 4.97. The summed E-state index contributed by atoms with van der Waals surface area (Å²) in [5, 5.41) is 4.21. The van der Waals surface area contributed by atoms with Gasteiger partial charge in [-0.3, -0.25) is 4.68 Å². The van der Waals surface area contributed by atoms with Crippen molar-refractivity contribution in [3.63, 3.8) is 0 Å². The van der Waals surface area contributed by atoms with Crippen LogP contribution in [0.3, 0.4) is 0 Å². The van der Waals surface area contributed by atoms with Crippen LogP contribution in [0.1, 0.15) is 32.3 Å². The Balaban J connectivity index is 0.00000162. The average molecular weight is 367 g/mol. The van der Waals surface area contributed by atoms with E-state index in [-0.39, 0.29) is 41.7 Å². The van der Waals surface area contributed by atoms with Crippen LogP contribution >= 0.6 is 0 Å². The number of nitrogens with zero attached hydrogens (tertiary/aromatic N) is 2. The maximum absolute atomic E-state index is 4.21. The summed E-state index contributed by atoms with van der Waals surface area (Å²) in [6, 6.07) is 9.66. The van der Waals surface area contributed by atoms with E-state index in [0.29, 0.717) is 11.8 Å². The summed E-state index contributed by atoms with van der Waals surface area (Å²) in [5.41, 5.74) is 3.67. The van der Waals surface area contributed by atoms with Crippen LogP contribution in [0.15, 0.2) is 30.6 Å². The van der Waals surface area contributed by atoms with Gasteiger partial charge >= 0.3 is 0 Å². The van der Waals surface area contributed by atoms with Gasteiger partial charge in [-0.25, -0.2) is 0 Å². The van der Waals surface area contributed by atoms with E-state index in [1.165, 1.54) is 16.7 Å². The van der Waals surface area contributed by atoms with Crippen molar-refractivity contribution >= 4 is 0 Å². The summed E-state index contributed by atoms with van der Waals surface area (Å²) in [6.07, 6.45) is 3.94. The summed E-state index contributed by atoms with van der Waals surface area (Å²) in [5.74, 6) is 1.17. The van der Waals surface area contributed by atoms with E-state index in [0.717, 1.165) is 0 Å². The van der Waals surface area contributed by atoms with Crippen molar-refractivity contribution in [3.05, 3.63) is 42.2 Å². The largest absolute Gasteiger partial charge is 0.275 e. The Morgan fingerprint density at radius 2 is 1.94 bits per heavy atom. The number of rotatable bonds is 3. The molecule has 0 radical (unpaired) electrons. The third-order valence-corrected chi connectivity index (χ3v) is 3.35. The Bertz CT molecular complexity index is 503. The zero-order valence-corrected chi connectivity index (χ0v) is 14.6. The second-order valence-corrected chi connectivity index (χ2v) is 4.97. The average Bonchev–Trinajstić information content (AvgIpc) is 2.75. The third kappa shape index (κ3) is 3.65. The van der Waals surface area contributed by atoms with E-state index < -0.39 is 0 Å². The number of benzene rings is 1. The molecule has 0 saturated carbocycles. The van der Waals surface area contributed by atoms with Crippen molar-refractivity contribution in [1.82, 2.24) is 9.78 Å². The minimum Gasteiger partial charge on any atom is -0.275 e. The van der Waals surface area contributed by atoms with Crippen molar-refractivity contribution in [1.29, 1.82) is 0 Å². The molecule has 2 nitrogen and oxygen atoms in total. The molecule has 0 spiro atoms. The molecule has 0 aliphatic carbocycles. The molecule has 0 fully saturated rings. The molecule has 0 saturated heterocycles. The predicted molar refractivity (Wildman–Crippen MR) is 70.7 cm³/mol. The molecular formula is C15H19CeN2-. The molecule has 1 aromatic heterocycles. The van der Waals surface area contributed by atoms with Crippen LogP contribution in [0.4, 0.5) is 0 Å². The van der Waals surface area contributed by atoms with Crippen LogP contribution < -0.4 is 0 Å². The van der Waals surface area contributed by atoms with Crippen molar-refractivity contribution in [2.45, 2.75) is 26.7 Å². The van der Waals surface area contributed by atoms with E-state index in [1.807, 2.05) is 30.2 Å². The molecule has 94 valence electrons. The molecule has 0 N–H and O–H groups in total. The molecule has 3 heteroatoms. The Morgan fingerprint density at radius 3 is 2.50 bits per heavy atom. The quantitative estimate of drug-likeness (QED) is 0.758.